The molecular weight excluding hydrogens is 368 g/mol. The van der Waals surface area contributed by atoms with E-state index >= 15 is 0 Å². The van der Waals surface area contributed by atoms with Gasteiger partial charge in [-0.1, -0.05) is 27.7 Å². The summed E-state index contributed by atoms with van der Waals surface area (Å²) in [4.78, 5) is 49.1. The van der Waals surface area contributed by atoms with Crippen molar-refractivity contribution in [2.24, 2.45) is 11.8 Å². The molecule has 1 aromatic carbocycles. The van der Waals surface area contributed by atoms with Gasteiger partial charge in [-0.3, -0.25) is 19.2 Å². The standard InChI is InChI=1S/C20H20O8/c1-7(2)15(23)9-5-11(21)17(25)19(27)13(9)14-10(16(24)8(3)4)6-12(22)18(26)20(14)28/h5-8,21,25,27-28H,1-4H3. The van der Waals surface area contributed by atoms with E-state index in [0.717, 1.165) is 12.1 Å². The minimum atomic E-state index is -1.33. The van der Waals surface area contributed by atoms with Crippen molar-refractivity contribution in [1.29, 1.82) is 0 Å². The smallest absolute Gasteiger partial charge is 0.267 e. The molecule has 8 nitrogen and oxygen atoms in total. The molecule has 8 heteroatoms. The number of hydrogen-bond donors (Lipinski definition) is 4. The predicted octanol–water partition coefficient (Wildman–Crippen LogP) is 2.21. The van der Waals surface area contributed by atoms with Crippen molar-refractivity contribution in [3.63, 3.8) is 0 Å². The van der Waals surface area contributed by atoms with Crippen LogP contribution in [-0.2, 0) is 14.4 Å². The predicted molar refractivity (Wildman–Crippen MR) is 98.1 cm³/mol. The quantitative estimate of drug-likeness (QED) is 0.260. The molecule has 4 N–H and O–H groups in total. The second-order valence-corrected chi connectivity index (χ2v) is 7.03. The van der Waals surface area contributed by atoms with Gasteiger partial charge in [-0.2, -0.15) is 0 Å². The third kappa shape index (κ3) is 3.28. The molecule has 0 unspecified atom stereocenters. The molecule has 0 saturated carbocycles. The number of Topliss-reactive ketones (excluding diaryl/α,β-unsaturated/α-hetero) is 3. The molecule has 0 aliphatic heterocycles. The summed E-state index contributed by atoms with van der Waals surface area (Å²) in [6.07, 6.45) is 0.729. The Morgan fingerprint density at radius 2 is 1.39 bits per heavy atom. The Hall–Kier alpha value is -3.42. The molecule has 0 heterocycles. The fourth-order valence-electron chi connectivity index (χ4n) is 2.79. The van der Waals surface area contributed by atoms with Crippen LogP contribution in [0, 0.1) is 11.8 Å². The number of allylic oxidation sites excluding steroid dienone is 4. The zero-order valence-electron chi connectivity index (χ0n) is 15.7. The normalized spacial score (nSPS) is 14.7. The first-order chi connectivity index (χ1) is 12.9. The van der Waals surface area contributed by atoms with Crippen molar-refractivity contribution in [3.8, 4) is 17.2 Å². The maximum absolute atomic E-state index is 12.6. The number of ketones is 4. The van der Waals surface area contributed by atoms with E-state index in [4.69, 9.17) is 0 Å². The molecule has 1 aliphatic carbocycles. The Kier molecular flexibility index (Phi) is 5.45. The largest absolute Gasteiger partial charge is 0.504 e. The summed E-state index contributed by atoms with van der Waals surface area (Å²) < 4.78 is 0. The summed E-state index contributed by atoms with van der Waals surface area (Å²) in [5.41, 5.74) is -1.75. The molecule has 148 valence electrons. The zero-order valence-corrected chi connectivity index (χ0v) is 15.7. The highest BCUT2D eigenvalue weighted by Gasteiger charge is 2.37. The number of rotatable bonds is 5. The SMILES string of the molecule is CC(C)C(=O)C1=CC(=O)C(=O)C(O)=C1c1c(C(=O)C(C)C)cc(O)c(O)c1O. The first-order valence-corrected chi connectivity index (χ1v) is 8.50. The van der Waals surface area contributed by atoms with Gasteiger partial charge in [0.15, 0.2) is 28.8 Å². The van der Waals surface area contributed by atoms with E-state index in [1.807, 2.05) is 0 Å². The number of aliphatic hydroxyl groups is 1. The lowest BCUT2D eigenvalue weighted by molar-refractivity contribution is -0.133. The van der Waals surface area contributed by atoms with Gasteiger partial charge < -0.3 is 20.4 Å². The Morgan fingerprint density at radius 1 is 0.857 bits per heavy atom. The molecule has 0 spiro atoms. The second kappa shape index (κ2) is 7.30. The minimum absolute atomic E-state index is 0.325. The Morgan fingerprint density at radius 3 is 1.89 bits per heavy atom. The highest BCUT2D eigenvalue weighted by atomic mass is 16.3. The van der Waals surface area contributed by atoms with Gasteiger partial charge in [0.25, 0.3) is 5.78 Å². The lowest BCUT2D eigenvalue weighted by Gasteiger charge is -2.22. The molecule has 0 bridgehead atoms. The number of phenolic OH excluding ortho intramolecular Hbond substituents is 3. The molecule has 28 heavy (non-hydrogen) atoms. The van der Waals surface area contributed by atoms with E-state index < -0.39 is 69.1 Å². The van der Waals surface area contributed by atoms with Crippen molar-refractivity contribution >= 4 is 28.7 Å². The molecule has 1 aliphatic rings. The molecule has 0 radical (unpaired) electrons. The molecule has 1 aromatic rings. The monoisotopic (exact) mass is 388 g/mol. The lowest BCUT2D eigenvalue weighted by Crippen LogP contribution is -2.26. The number of hydrogen-bond acceptors (Lipinski definition) is 8. The van der Waals surface area contributed by atoms with Gasteiger partial charge >= 0.3 is 0 Å². The van der Waals surface area contributed by atoms with Crippen molar-refractivity contribution in [2.45, 2.75) is 27.7 Å². The molecule has 0 saturated heterocycles. The summed E-state index contributed by atoms with van der Waals surface area (Å²) in [6, 6.07) is 0.866. The van der Waals surface area contributed by atoms with Crippen LogP contribution in [-0.4, -0.2) is 43.6 Å². The van der Waals surface area contributed by atoms with Crippen LogP contribution in [0.1, 0.15) is 43.6 Å². The number of aliphatic hydroxyl groups excluding tert-OH is 1. The van der Waals surface area contributed by atoms with Crippen LogP contribution in [0.2, 0.25) is 0 Å². The van der Waals surface area contributed by atoms with Gasteiger partial charge in [-0.05, 0) is 6.07 Å². The van der Waals surface area contributed by atoms with Gasteiger partial charge in [-0.25, -0.2) is 0 Å². The van der Waals surface area contributed by atoms with Crippen LogP contribution < -0.4 is 0 Å². The highest BCUT2D eigenvalue weighted by Crippen LogP contribution is 2.47. The summed E-state index contributed by atoms with van der Waals surface area (Å²) in [5, 5.41) is 40.5. The number of benzene rings is 1. The lowest BCUT2D eigenvalue weighted by atomic mass is 9.80. The van der Waals surface area contributed by atoms with E-state index in [9.17, 15) is 39.6 Å². The van der Waals surface area contributed by atoms with E-state index in [1.54, 1.807) is 0 Å². The number of carbonyl (C=O) groups is 4. The van der Waals surface area contributed by atoms with Crippen LogP contribution >= 0.6 is 0 Å². The van der Waals surface area contributed by atoms with Gasteiger partial charge in [0, 0.05) is 40.2 Å². The molecular formula is C20H20O8. The molecule has 0 amide bonds. The third-order valence-electron chi connectivity index (χ3n) is 4.30. The fourth-order valence-corrected chi connectivity index (χ4v) is 2.79. The first kappa shape index (κ1) is 20.9. The van der Waals surface area contributed by atoms with E-state index in [1.165, 1.54) is 27.7 Å². The van der Waals surface area contributed by atoms with Crippen molar-refractivity contribution in [3.05, 3.63) is 34.6 Å². The number of aromatic hydroxyl groups is 3. The Labute approximate surface area is 160 Å². The highest BCUT2D eigenvalue weighted by molar-refractivity contribution is 6.51. The maximum atomic E-state index is 12.6. The second-order valence-electron chi connectivity index (χ2n) is 7.03. The van der Waals surface area contributed by atoms with Crippen molar-refractivity contribution < 1.29 is 39.6 Å². The third-order valence-corrected chi connectivity index (χ3v) is 4.30. The topological polar surface area (TPSA) is 149 Å². The van der Waals surface area contributed by atoms with Crippen LogP contribution in [0.25, 0.3) is 5.57 Å². The number of carbonyl (C=O) groups excluding carboxylic acids is 4. The Balaban J connectivity index is 2.97. The fraction of sp³-hybridized carbons (Fsp3) is 0.300. The molecule has 2 rings (SSSR count). The molecule has 0 atom stereocenters. The number of phenols is 3. The van der Waals surface area contributed by atoms with Crippen molar-refractivity contribution in [1.82, 2.24) is 0 Å². The van der Waals surface area contributed by atoms with Gasteiger partial charge in [-0.15, -0.1) is 0 Å². The van der Waals surface area contributed by atoms with Gasteiger partial charge in [0.1, 0.15) is 0 Å². The maximum Gasteiger partial charge on any atom is 0.267 e. The van der Waals surface area contributed by atoms with Crippen LogP contribution in [0.3, 0.4) is 0 Å². The van der Waals surface area contributed by atoms with E-state index in [2.05, 4.69) is 0 Å². The van der Waals surface area contributed by atoms with Gasteiger partial charge in [0.2, 0.25) is 11.5 Å². The average Bonchev–Trinajstić information content (AvgIpc) is 2.63. The first-order valence-electron chi connectivity index (χ1n) is 8.50. The zero-order chi connectivity index (χ0) is 21.5. The van der Waals surface area contributed by atoms with Crippen LogP contribution in [0.5, 0.6) is 17.2 Å². The summed E-state index contributed by atoms with van der Waals surface area (Å²) in [5.74, 6) is -8.90. The summed E-state index contributed by atoms with van der Waals surface area (Å²) in [7, 11) is 0. The molecule has 0 aromatic heterocycles. The van der Waals surface area contributed by atoms with Gasteiger partial charge in [0.05, 0.1) is 0 Å². The Bertz CT molecular complexity index is 976. The summed E-state index contributed by atoms with van der Waals surface area (Å²) >= 11 is 0. The van der Waals surface area contributed by atoms with E-state index in [0.29, 0.717) is 0 Å². The average molecular weight is 388 g/mol. The minimum Gasteiger partial charge on any atom is -0.504 e. The summed E-state index contributed by atoms with van der Waals surface area (Å²) in [6.45, 7) is 6.11. The molecule has 0 fully saturated rings. The van der Waals surface area contributed by atoms with Crippen LogP contribution in [0.15, 0.2) is 23.5 Å². The van der Waals surface area contributed by atoms with E-state index in [-0.39, 0.29) is 11.1 Å². The van der Waals surface area contributed by atoms with Crippen LogP contribution in [0.4, 0.5) is 0 Å². The van der Waals surface area contributed by atoms with Crippen molar-refractivity contribution in [2.75, 3.05) is 0 Å².